The first-order valence-corrected chi connectivity index (χ1v) is 13.3. The molecule has 1 aliphatic carbocycles. The van der Waals surface area contributed by atoms with E-state index in [-0.39, 0.29) is 11.1 Å². The highest BCUT2D eigenvalue weighted by Gasteiger charge is 2.32. The Bertz CT molecular complexity index is 1310. The molecule has 1 aromatic carbocycles. The van der Waals surface area contributed by atoms with E-state index < -0.39 is 10.0 Å². The summed E-state index contributed by atoms with van der Waals surface area (Å²) in [5.41, 5.74) is 5.29. The smallest absolute Gasteiger partial charge is 0.278 e. The molecule has 1 aliphatic heterocycles. The molecule has 1 fully saturated rings. The van der Waals surface area contributed by atoms with E-state index in [0.717, 1.165) is 48.9 Å². The van der Waals surface area contributed by atoms with Crippen LogP contribution in [-0.2, 0) is 22.9 Å². The molecule has 0 atom stereocenters. The van der Waals surface area contributed by atoms with Crippen molar-refractivity contribution >= 4 is 21.7 Å². The van der Waals surface area contributed by atoms with Crippen molar-refractivity contribution in [3.05, 3.63) is 41.6 Å². The number of H-pyrrole nitrogens is 1. The van der Waals surface area contributed by atoms with Gasteiger partial charge in [0, 0.05) is 37.0 Å². The predicted molar refractivity (Wildman–Crippen MR) is 133 cm³/mol. The van der Waals surface area contributed by atoms with Gasteiger partial charge in [0.2, 0.25) is 11.8 Å². The molecule has 3 aromatic rings. The Morgan fingerprint density at radius 3 is 2.71 bits per heavy atom. The fourth-order valence-corrected chi connectivity index (χ4v) is 6.29. The second kappa shape index (κ2) is 9.56. The number of sulfonamides is 1. The van der Waals surface area contributed by atoms with E-state index in [1.165, 1.54) is 15.4 Å². The van der Waals surface area contributed by atoms with Gasteiger partial charge in [0.25, 0.3) is 15.2 Å². The molecule has 0 spiro atoms. The molecular formula is C24H31N7O3S. The highest BCUT2D eigenvalue weighted by atomic mass is 32.2. The molecule has 2 aliphatic rings. The van der Waals surface area contributed by atoms with Crippen molar-refractivity contribution < 1.29 is 13.2 Å². The summed E-state index contributed by atoms with van der Waals surface area (Å²) in [4.78, 5) is 10.7. The summed E-state index contributed by atoms with van der Waals surface area (Å²) in [5, 5.41) is 10.0. The second-order valence-corrected chi connectivity index (χ2v) is 11.1. The number of nitrogens with zero attached hydrogens (tertiary/aromatic N) is 5. The number of pyridine rings is 1. The minimum absolute atomic E-state index is 0.136. The Balaban J connectivity index is 1.43. The standard InChI is InChI=1S/C24H31N7O3S/c1-30(2)18-10-13-31(14-11-18)35(32,33)24-27-23(28-29-24)26-22-19-6-4-5-16(19)7-8-20(22)17-9-12-25-21(15-17)34-3/h7-9,12,15,18H,4-6,10-11,13-14H2,1-3H3,(H2,26,27,28,29). The van der Waals surface area contributed by atoms with Crippen molar-refractivity contribution in [3.63, 3.8) is 0 Å². The summed E-state index contributed by atoms with van der Waals surface area (Å²) < 4.78 is 33.2. The van der Waals surface area contributed by atoms with E-state index in [2.05, 4.69) is 42.5 Å². The lowest BCUT2D eigenvalue weighted by atomic mass is 9.98. The highest BCUT2D eigenvalue weighted by molar-refractivity contribution is 7.88. The third-order valence-electron chi connectivity index (χ3n) is 6.98. The van der Waals surface area contributed by atoms with Gasteiger partial charge in [-0.3, -0.25) is 0 Å². The van der Waals surface area contributed by atoms with Crippen molar-refractivity contribution in [2.45, 2.75) is 43.3 Å². The summed E-state index contributed by atoms with van der Waals surface area (Å²) in [6, 6.07) is 8.42. The van der Waals surface area contributed by atoms with Crippen LogP contribution in [0.25, 0.3) is 11.1 Å². The zero-order chi connectivity index (χ0) is 24.6. The van der Waals surface area contributed by atoms with Gasteiger partial charge < -0.3 is 15.0 Å². The lowest BCUT2D eigenvalue weighted by molar-refractivity contribution is 0.196. The SMILES string of the molecule is COc1cc(-c2ccc3c(c2Nc2n[nH]c(S(=O)(=O)N4CCC(N(C)C)CC4)n2)CCC3)ccn1. The predicted octanol–water partition coefficient (Wildman–Crippen LogP) is 2.82. The Labute approximate surface area is 205 Å². The van der Waals surface area contributed by atoms with E-state index in [9.17, 15) is 8.42 Å². The third kappa shape index (κ3) is 4.63. The average molecular weight is 498 g/mol. The zero-order valence-electron chi connectivity index (χ0n) is 20.3. The van der Waals surface area contributed by atoms with E-state index in [1.54, 1.807) is 13.3 Å². The lowest BCUT2D eigenvalue weighted by Gasteiger charge is -2.33. The van der Waals surface area contributed by atoms with Gasteiger partial charge in [-0.1, -0.05) is 12.1 Å². The minimum Gasteiger partial charge on any atom is -0.481 e. The number of fused-ring (bicyclic) bond motifs is 1. The molecule has 35 heavy (non-hydrogen) atoms. The van der Waals surface area contributed by atoms with Crippen molar-refractivity contribution in [2.75, 3.05) is 39.6 Å². The summed E-state index contributed by atoms with van der Waals surface area (Å²) >= 11 is 0. The Hall–Kier alpha value is -3.02. The van der Waals surface area contributed by atoms with Crippen molar-refractivity contribution in [3.8, 4) is 17.0 Å². The van der Waals surface area contributed by atoms with E-state index >= 15 is 0 Å². The number of piperidine rings is 1. The summed E-state index contributed by atoms with van der Waals surface area (Å²) in [6.07, 6.45) is 6.32. The van der Waals surface area contributed by atoms with Crippen LogP contribution in [0.3, 0.4) is 0 Å². The number of anilines is 2. The van der Waals surface area contributed by atoms with Crippen LogP contribution in [0.4, 0.5) is 11.6 Å². The Kier molecular flexibility index (Phi) is 6.47. The first kappa shape index (κ1) is 23.7. The molecule has 0 bridgehead atoms. The monoisotopic (exact) mass is 497 g/mol. The molecule has 0 unspecified atom stereocenters. The number of hydrogen-bond donors (Lipinski definition) is 2. The van der Waals surface area contributed by atoms with Gasteiger partial charge in [0.15, 0.2) is 0 Å². The molecule has 10 nitrogen and oxygen atoms in total. The normalized spacial score (nSPS) is 17.0. The lowest BCUT2D eigenvalue weighted by Crippen LogP contribution is -2.44. The second-order valence-electron chi connectivity index (χ2n) is 9.25. The summed E-state index contributed by atoms with van der Waals surface area (Å²) in [5.74, 6) is 0.757. The van der Waals surface area contributed by atoms with Crippen molar-refractivity contribution in [1.82, 2.24) is 29.4 Å². The molecule has 0 radical (unpaired) electrons. The molecule has 11 heteroatoms. The number of nitrogens with one attached hydrogen (secondary N) is 2. The van der Waals surface area contributed by atoms with Gasteiger partial charge in [-0.05, 0) is 69.0 Å². The quantitative estimate of drug-likeness (QED) is 0.512. The first-order chi connectivity index (χ1) is 16.9. The molecule has 5 rings (SSSR count). The number of hydrogen-bond acceptors (Lipinski definition) is 8. The molecule has 3 heterocycles. The summed E-state index contributed by atoms with van der Waals surface area (Å²) in [7, 11) is 1.90. The Morgan fingerprint density at radius 1 is 1.17 bits per heavy atom. The topological polar surface area (TPSA) is 116 Å². The number of aryl methyl sites for hydroxylation is 1. The molecule has 0 saturated carbocycles. The fourth-order valence-electron chi connectivity index (χ4n) is 4.99. The van der Waals surface area contributed by atoms with Crippen LogP contribution in [0.1, 0.15) is 30.4 Å². The van der Waals surface area contributed by atoms with Crippen LogP contribution < -0.4 is 10.1 Å². The van der Waals surface area contributed by atoms with Gasteiger partial charge >= 0.3 is 0 Å². The maximum Gasteiger partial charge on any atom is 0.278 e. The van der Waals surface area contributed by atoms with E-state index in [4.69, 9.17) is 4.74 Å². The van der Waals surface area contributed by atoms with Gasteiger partial charge in [-0.2, -0.15) is 9.29 Å². The van der Waals surface area contributed by atoms with Crippen LogP contribution in [0, 0.1) is 0 Å². The van der Waals surface area contributed by atoms with Gasteiger partial charge in [0.1, 0.15) is 0 Å². The average Bonchev–Trinajstić information content (AvgIpc) is 3.54. The van der Waals surface area contributed by atoms with Crippen LogP contribution >= 0.6 is 0 Å². The van der Waals surface area contributed by atoms with E-state index in [1.807, 2.05) is 26.2 Å². The molecule has 0 amide bonds. The van der Waals surface area contributed by atoms with Crippen LogP contribution in [0.15, 0.2) is 35.6 Å². The van der Waals surface area contributed by atoms with Crippen LogP contribution in [0.5, 0.6) is 5.88 Å². The fraction of sp³-hybridized carbons (Fsp3) is 0.458. The third-order valence-corrected chi connectivity index (χ3v) is 8.69. The largest absolute Gasteiger partial charge is 0.481 e. The zero-order valence-corrected chi connectivity index (χ0v) is 21.1. The van der Waals surface area contributed by atoms with Crippen LogP contribution in [-0.4, -0.2) is 78.1 Å². The number of aromatic nitrogens is 4. The molecular weight excluding hydrogens is 466 g/mol. The minimum atomic E-state index is -3.74. The highest BCUT2D eigenvalue weighted by Crippen LogP contribution is 2.39. The number of methoxy groups -OCH3 is 1. The summed E-state index contributed by atoms with van der Waals surface area (Å²) in [6.45, 7) is 0.934. The van der Waals surface area contributed by atoms with Crippen LogP contribution in [0.2, 0.25) is 0 Å². The van der Waals surface area contributed by atoms with Crippen molar-refractivity contribution in [1.29, 1.82) is 0 Å². The number of benzene rings is 1. The van der Waals surface area contributed by atoms with Crippen molar-refractivity contribution in [2.24, 2.45) is 0 Å². The molecule has 2 aromatic heterocycles. The number of aromatic amines is 1. The first-order valence-electron chi connectivity index (χ1n) is 11.9. The van der Waals surface area contributed by atoms with Gasteiger partial charge in [-0.25, -0.2) is 18.5 Å². The maximum absolute atomic E-state index is 13.2. The molecule has 2 N–H and O–H groups in total. The Morgan fingerprint density at radius 2 is 1.97 bits per heavy atom. The van der Waals surface area contributed by atoms with E-state index in [0.29, 0.717) is 25.0 Å². The van der Waals surface area contributed by atoms with Gasteiger partial charge in [0.05, 0.1) is 12.8 Å². The molecule has 186 valence electrons. The molecule has 1 saturated heterocycles. The number of ether oxygens (including phenoxy) is 1. The van der Waals surface area contributed by atoms with Gasteiger partial charge in [-0.15, -0.1) is 5.10 Å². The number of rotatable bonds is 7. The maximum atomic E-state index is 13.2.